The number of aryl methyl sites for hydroxylation is 1. The van der Waals surface area contributed by atoms with Crippen LogP contribution < -0.4 is 11.1 Å². The summed E-state index contributed by atoms with van der Waals surface area (Å²) in [5, 5.41) is 6.21. The molecule has 0 aliphatic rings. The van der Waals surface area contributed by atoms with E-state index in [1.807, 2.05) is 9.47 Å². The van der Waals surface area contributed by atoms with Crippen molar-refractivity contribution < 1.29 is 9.32 Å². The number of rotatable bonds is 1. The summed E-state index contributed by atoms with van der Waals surface area (Å²) in [6, 6.07) is 0. The van der Waals surface area contributed by atoms with Gasteiger partial charge in [-0.25, -0.2) is 4.79 Å². The van der Waals surface area contributed by atoms with Gasteiger partial charge in [-0.2, -0.15) is 5.10 Å². The molecule has 1 atom stereocenters. The summed E-state index contributed by atoms with van der Waals surface area (Å²) >= 11 is 0. The van der Waals surface area contributed by atoms with Gasteiger partial charge in [0.15, 0.2) is 0 Å². The Bertz CT molecular complexity index is 298. The van der Waals surface area contributed by atoms with Gasteiger partial charge < -0.3 is 10.3 Å². The van der Waals surface area contributed by atoms with Crippen molar-refractivity contribution in [3.63, 3.8) is 0 Å². The van der Waals surface area contributed by atoms with Gasteiger partial charge in [0.25, 0.3) is 0 Å². The van der Waals surface area contributed by atoms with Crippen LogP contribution in [0.5, 0.6) is 0 Å². The van der Waals surface area contributed by atoms with Gasteiger partial charge in [-0.3, -0.25) is 10.00 Å². The molecule has 12 heavy (non-hydrogen) atoms. The standard InChI is InChI=1S/C5H9N4O2P/c1-9-4(6)3(2-7-9)8-5(10)11-12/h2H,6,12H2,1H3,(H,8,10). The first-order valence-corrected chi connectivity index (χ1v) is 3.57. The zero-order chi connectivity index (χ0) is 9.14. The van der Waals surface area contributed by atoms with Crippen LogP contribution in [0.1, 0.15) is 0 Å². The highest BCUT2D eigenvalue weighted by atomic mass is 31.0. The summed E-state index contributed by atoms with van der Waals surface area (Å²) in [4.78, 5) is 10.7. The number of carbonyl (C=O) groups excluding carboxylic acids is 1. The van der Waals surface area contributed by atoms with E-state index in [9.17, 15) is 4.79 Å². The molecule has 66 valence electrons. The minimum absolute atomic E-state index is 0.380. The predicted molar refractivity (Wildman–Crippen MR) is 47.4 cm³/mol. The zero-order valence-electron chi connectivity index (χ0n) is 6.44. The first-order chi connectivity index (χ1) is 5.65. The maximum absolute atomic E-state index is 10.7. The van der Waals surface area contributed by atoms with Crippen LogP contribution >= 0.6 is 9.47 Å². The van der Waals surface area contributed by atoms with Crippen molar-refractivity contribution in [3.05, 3.63) is 6.20 Å². The van der Waals surface area contributed by atoms with Gasteiger partial charge in [0.1, 0.15) is 11.5 Å². The number of carbonyl (C=O) groups is 1. The van der Waals surface area contributed by atoms with E-state index in [1.165, 1.54) is 10.9 Å². The summed E-state index contributed by atoms with van der Waals surface area (Å²) in [7, 11) is 3.51. The number of hydrogen-bond donors (Lipinski definition) is 2. The third-order valence-electron chi connectivity index (χ3n) is 1.33. The monoisotopic (exact) mass is 188 g/mol. The number of hydrogen-bond acceptors (Lipinski definition) is 4. The fourth-order valence-corrected chi connectivity index (χ4v) is 0.742. The quantitative estimate of drug-likeness (QED) is 0.622. The Morgan fingerprint density at radius 2 is 2.58 bits per heavy atom. The average Bonchev–Trinajstić information content (AvgIpc) is 2.36. The Hall–Kier alpha value is -1.29. The summed E-state index contributed by atoms with van der Waals surface area (Å²) in [5.74, 6) is 0.380. The van der Waals surface area contributed by atoms with Crippen molar-refractivity contribution in [1.29, 1.82) is 0 Å². The molecule has 1 rings (SSSR count). The normalized spacial score (nSPS) is 9.50. The lowest BCUT2D eigenvalue weighted by molar-refractivity contribution is 0.222. The topological polar surface area (TPSA) is 82.2 Å². The molecule has 0 bridgehead atoms. The molecule has 1 aromatic rings. The number of nitrogens with two attached hydrogens (primary N) is 1. The number of amides is 1. The first-order valence-electron chi connectivity index (χ1n) is 3.10. The number of anilines is 2. The summed E-state index contributed by atoms with van der Waals surface area (Å²) < 4.78 is 5.74. The first kappa shape index (κ1) is 8.80. The number of nitrogen functional groups attached to an aromatic ring is 1. The molecule has 0 spiro atoms. The van der Waals surface area contributed by atoms with E-state index >= 15 is 0 Å². The molecule has 0 saturated carbocycles. The van der Waals surface area contributed by atoms with Gasteiger partial charge >= 0.3 is 6.09 Å². The molecule has 0 aliphatic carbocycles. The van der Waals surface area contributed by atoms with Gasteiger partial charge in [-0.1, -0.05) is 0 Å². The molecular formula is C5H9N4O2P. The highest BCUT2D eigenvalue weighted by molar-refractivity contribution is 7.10. The van der Waals surface area contributed by atoms with Gasteiger partial charge in [-0.15, -0.1) is 0 Å². The van der Waals surface area contributed by atoms with E-state index in [-0.39, 0.29) is 0 Å². The molecule has 1 heterocycles. The molecule has 0 radical (unpaired) electrons. The summed E-state index contributed by atoms with van der Waals surface area (Å²) in [5.41, 5.74) is 5.96. The van der Waals surface area contributed by atoms with E-state index in [0.29, 0.717) is 11.5 Å². The predicted octanol–water partition coefficient (Wildman–Crippen LogP) is 0.341. The summed E-state index contributed by atoms with van der Waals surface area (Å²) in [6.45, 7) is 0. The second-order valence-corrected chi connectivity index (χ2v) is 2.33. The lowest BCUT2D eigenvalue weighted by Gasteiger charge is -2.00. The zero-order valence-corrected chi connectivity index (χ0v) is 7.60. The minimum Gasteiger partial charge on any atom is -0.435 e. The molecule has 6 nitrogen and oxygen atoms in total. The molecule has 0 saturated heterocycles. The second kappa shape index (κ2) is 3.40. The molecule has 7 heteroatoms. The lowest BCUT2D eigenvalue weighted by atomic mass is 10.5. The third kappa shape index (κ3) is 1.65. The molecule has 1 aromatic heterocycles. The Balaban J connectivity index is 2.76. The Morgan fingerprint density at radius 3 is 3.00 bits per heavy atom. The van der Waals surface area contributed by atoms with Crippen molar-refractivity contribution in [1.82, 2.24) is 9.78 Å². The smallest absolute Gasteiger partial charge is 0.413 e. The summed E-state index contributed by atoms with van der Waals surface area (Å²) in [6.07, 6.45) is 0.844. The Labute approximate surface area is 71.3 Å². The van der Waals surface area contributed by atoms with Crippen LogP contribution in [0.3, 0.4) is 0 Å². The van der Waals surface area contributed by atoms with E-state index in [1.54, 1.807) is 7.05 Å². The van der Waals surface area contributed by atoms with Crippen LogP contribution in [0.25, 0.3) is 0 Å². The number of nitrogens with zero attached hydrogens (tertiary/aromatic N) is 2. The SMILES string of the molecule is Cn1ncc(NC(=O)OP)c1N. The highest BCUT2D eigenvalue weighted by Crippen LogP contribution is 2.15. The maximum Gasteiger partial charge on any atom is 0.413 e. The number of nitrogens with one attached hydrogen (secondary N) is 1. The van der Waals surface area contributed by atoms with Gasteiger partial charge in [-0.05, 0) is 0 Å². The van der Waals surface area contributed by atoms with Crippen LogP contribution in [-0.4, -0.2) is 15.9 Å². The fourth-order valence-electron chi connectivity index (χ4n) is 0.683. The average molecular weight is 188 g/mol. The Kier molecular flexibility index (Phi) is 2.50. The molecular weight excluding hydrogens is 179 g/mol. The van der Waals surface area contributed by atoms with Crippen molar-refractivity contribution in [2.75, 3.05) is 11.1 Å². The van der Waals surface area contributed by atoms with E-state index in [2.05, 4.69) is 14.9 Å². The fraction of sp³-hybridized carbons (Fsp3) is 0.200. The largest absolute Gasteiger partial charge is 0.435 e. The van der Waals surface area contributed by atoms with Crippen molar-refractivity contribution in [3.8, 4) is 0 Å². The molecule has 1 unspecified atom stereocenters. The molecule has 0 fully saturated rings. The van der Waals surface area contributed by atoms with E-state index in [4.69, 9.17) is 5.73 Å². The lowest BCUT2D eigenvalue weighted by Crippen LogP contribution is -2.10. The van der Waals surface area contributed by atoms with Crippen molar-refractivity contribution in [2.24, 2.45) is 7.05 Å². The number of aromatic nitrogens is 2. The van der Waals surface area contributed by atoms with Crippen LogP contribution in [-0.2, 0) is 11.6 Å². The van der Waals surface area contributed by atoms with Crippen LogP contribution in [0.2, 0.25) is 0 Å². The van der Waals surface area contributed by atoms with Crippen LogP contribution in [0.4, 0.5) is 16.3 Å². The van der Waals surface area contributed by atoms with Crippen LogP contribution in [0.15, 0.2) is 6.20 Å². The van der Waals surface area contributed by atoms with Crippen molar-refractivity contribution in [2.45, 2.75) is 0 Å². The van der Waals surface area contributed by atoms with Gasteiger partial charge in [0, 0.05) is 7.05 Å². The van der Waals surface area contributed by atoms with E-state index in [0.717, 1.165) is 0 Å². The van der Waals surface area contributed by atoms with Crippen LogP contribution in [0, 0.1) is 0 Å². The molecule has 3 N–H and O–H groups in total. The van der Waals surface area contributed by atoms with Gasteiger partial charge in [0.05, 0.1) is 15.7 Å². The van der Waals surface area contributed by atoms with Gasteiger partial charge in [0.2, 0.25) is 0 Å². The third-order valence-corrected chi connectivity index (χ3v) is 1.54. The molecule has 1 amide bonds. The Morgan fingerprint density at radius 1 is 1.92 bits per heavy atom. The van der Waals surface area contributed by atoms with E-state index < -0.39 is 6.09 Å². The highest BCUT2D eigenvalue weighted by Gasteiger charge is 2.07. The van der Waals surface area contributed by atoms with Crippen molar-refractivity contribution >= 4 is 27.1 Å². The maximum atomic E-state index is 10.7. The molecule has 0 aromatic carbocycles. The minimum atomic E-state index is -0.597. The second-order valence-electron chi connectivity index (χ2n) is 2.10. The molecule has 0 aliphatic heterocycles.